The van der Waals surface area contributed by atoms with Crippen LogP contribution < -0.4 is 0 Å². The highest BCUT2D eigenvalue weighted by Gasteiger charge is 2.01. The molecule has 0 aliphatic carbocycles. The van der Waals surface area contributed by atoms with Crippen LogP contribution in [0.5, 0.6) is 0 Å². The van der Waals surface area contributed by atoms with E-state index >= 15 is 0 Å². The third-order valence-corrected chi connectivity index (χ3v) is 1.50. The Hall–Kier alpha value is -0.530. The molecule has 60 valence electrons. The summed E-state index contributed by atoms with van der Waals surface area (Å²) in [6.07, 6.45) is 1.87. The topological polar surface area (TPSA) is 15.6 Å². The van der Waals surface area contributed by atoms with E-state index in [0.717, 1.165) is 0 Å². The zero-order chi connectivity index (χ0) is 8.15. The molecule has 10 heavy (non-hydrogen) atoms. The highest BCUT2D eigenvalue weighted by Crippen LogP contribution is 2.03. The molecule has 1 unspecified atom stereocenters. The van der Waals surface area contributed by atoms with Crippen LogP contribution in [0.25, 0.3) is 0 Å². The van der Waals surface area contributed by atoms with E-state index in [1.165, 1.54) is 0 Å². The molecular weight excluding hydrogens is 124 g/mol. The van der Waals surface area contributed by atoms with Crippen molar-refractivity contribution in [1.29, 1.82) is 0 Å². The second kappa shape index (κ2) is 4.31. The molecule has 0 fully saturated rings. The van der Waals surface area contributed by atoms with Crippen LogP contribution in [-0.4, -0.2) is 31.4 Å². The van der Waals surface area contributed by atoms with Crippen LogP contribution in [0.1, 0.15) is 20.8 Å². The molecule has 2 heteroatoms. The van der Waals surface area contributed by atoms with E-state index in [0.29, 0.717) is 12.0 Å². The maximum Gasteiger partial charge on any atom is 0.0848 e. The van der Waals surface area contributed by atoms with Gasteiger partial charge in [-0.05, 0) is 12.8 Å². The van der Waals surface area contributed by atoms with Gasteiger partial charge in [-0.15, -0.1) is 0 Å². The lowest BCUT2D eigenvalue weighted by molar-refractivity contribution is 0.522. The first-order valence-electron chi connectivity index (χ1n) is 3.73. The molecule has 0 saturated heterocycles. The fourth-order valence-electron chi connectivity index (χ4n) is 0.411. The van der Waals surface area contributed by atoms with E-state index in [2.05, 4.69) is 25.8 Å². The van der Waals surface area contributed by atoms with Gasteiger partial charge in [0.1, 0.15) is 0 Å². The van der Waals surface area contributed by atoms with Gasteiger partial charge in [0, 0.05) is 14.1 Å². The van der Waals surface area contributed by atoms with Gasteiger partial charge in [0.15, 0.2) is 0 Å². The van der Waals surface area contributed by atoms with Crippen molar-refractivity contribution < 1.29 is 0 Å². The molecule has 0 rings (SSSR count). The van der Waals surface area contributed by atoms with Crippen LogP contribution in [0.15, 0.2) is 4.99 Å². The van der Waals surface area contributed by atoms with Crippen LogP contribution in [-0.2, 0) is 0 Å². The van der Waals surface area contributed by atoms with E-state index < -0.39 is 0 Å². The van der Waals surface area contributed by atoms with Gasteiger partial charge in [-0.3, -0.25) is 4.99 Å². The number of aliphatic imine (C=N–C) groups is 1. The minimum absolute atomic E-state index is 0.433. The molecule has 0 amide bonds. The summed E-state index contributed by atoms with van der Waals surface area (Å²) in [6.45, 7) is 6.49. The lowest BCUT2D eigenvalue weighted by Crippen LogP contribution is -2.13. The molecule has 0 aromatic rings. The third-order valence-electron chi connectivity index (χ3n) is 1.50. The summed E-state index contributed by atoms with van der Waals surface area (Å²) in [4.78, 5) is 6.28. The maximum atomic E-state index is 4.32. The normalized spacial score (nSPS) is 14.6. The lowest BCUT2D eigenvalue weighted by atomic mass is 10.1. The summed E-state index contributed by atoms with van der Waals surface area (Å²) < 4.78 is 0. The predicted octanol–water partition coefficient (Wildman–Crippen LogP) is 1.62. The van der Waals surface area contributed by atoms with Crippen molar-refractivity contribution in [2.75, 3.05) is 14.1 Å². The Morgan fingerprint density at radius 1 is 1.20 bits per heavy atom. The monoisotopic (exact) mass is 142 g/mol. The summed E-state index contributed by atoms with van der Waals surface area (Å²) in [5.74, 6) is 0.635. The first kappa shape index (κ1) is 9.47. The van der Waals surface area contributed by atoms with E-state index in [1.54, 1.807) is 0 Å². The van der Waals surface area contributed by atoms with Gasteiger partial charge in [0.05, 0.1) is 12.4 Å². The fourth-order valence-corrected chi connectivity index (χ4v) is 0.411. The first-order chi connectivity index (χ1) is 4.54. The Balaban J connectivity index is 3.66. The zero-order valence-corrected chi connectivity index (χ0v) is 7.63. The maximum absolute atomic E-state index is 4.32. The van der Waals surface area contributed by atoms with Gasteiger partial charge in [-0.1, -0.05) is 13.8 Å². The van der Waals surface area contributed by atoms with Gasteiger partial charge < -0.3 is 4.90 Å². The van der Waals surface area contributed by atoms with Crippen molar-refractivity contribution >= 4 is 6.34 Å². The summed E-state index contributed by atoms with van der Waals surface area (Å²) in [5.41, 5.74) is 0. The van der Waals surface area contributed by atoms with E-state index in [9.17, 15) is 0 Å². The SMILES string of the molecule is CC(C)C(C)/N=C\N(C)C. The Morgan fingerprint density at radius 3 is 2.00 bits per heavy atom. The average Bonchev–Trinajstić information content (AvgIpc) is 1.82. The molecule has 0 aliphatic rings. The molecule has 0 aromatic carbocycles. The summed E-state index contributed by atoms with van der Waals surface area (Å²) in [6, 6.07) is 0.433. The fraction of sp³-hybridized carbons (Fsp3) is 0.875. The van der Waals surface area contributed by atoms with Crippen LogP contribution in [0, 0.1) is 5.92 Å². The average molecular weight is 142 g/mol. The van der Waals surface area contributed by atoms with Gasteiger partial charge in [0.25, 0.3) is 0 Å². The van der Waals surface area contributed by atoms with Gasteiger partial charge in [0.2, 0.25) is 0 Å². The Kier molecular flexibility index (Phi) is 4.08. The summed E-state index contributed by atoms with van der Waals surface area (Å²) in [5, 5.41) is 0. The van der Waals surface area contributed by atoms with Crippen LogP contribution in [0.2, 0.25) is 0 Å². The Bertz CT molecular complexity index is 106. The summed E-state index contributed by atoms with van der Waals surface area (Å²) in [7, 11) is 3.97. The first-order valence-corrected chi connectivity index (χ1v) is 3.73. The van der Waals surface area contributed by atoms with Gasteiger partial charge >= 0.3 is 0 Å². The van der Waals surface area contributed by atoms with Crippen LogP contribution >= 0.6 is 0 Å². The molecule has 0 spiro atoms. The van der Waals surface area contributed by atoms with Crippen molar-refractivity contribution in [3.05, 3.63) is 0 Å². The Labute approximate surface area is 63.9 Å². The molecule has 0 aromatic heterocycles. The molecule has 0 heterocycles. The van der Waals surface area contributed by atoms with Gasteiger partial charge in [-0.2, -0.15) is 0 Å². The molecule has 0 radical (unpaired) electrons. The second-order valence-corrected chi connectivity index (χ2v) is 3.21. The third kappa shape index (κ3) is 4.36. The molecule has 2 nitrogen and oxygen atoms in total. The van der Waals surface area contributed by atoms with E-state index in [-0.39, 0.29) is 0 Å². The molecular formula is C8H18N2. The largest absolute Gasteiger partial charge is 0.369 e. The molecule has 0 N–H and O–H groups in total. The highest BCUT2D eigenvalue weighted by atomic mass is 15.1. The number of nitrogens with zero attached hydrogens (tertiary/aromatic N) is 2. The minimum Gasteiger partial charge on any atom is -0.369 e. The lowest BCUT2D eigenvalue weighted by Gasteiger charge is -2.11. The molecule has 0 aliphatic heterocycles. The van der Waals surface area contributed by atoms with E-state index in [4.69, 9.17) is 0 Å². The van der Waals surface area contributed by atoms with Crippen molar-refractivity contribution in [1.82, 2.24) is 4.90 Å². The van der Waals surface area contributed by atoms with Crippen LogP contribution in [0.3, 0.4) is 0 Å². The quantitative estimate of drug-likeness (QED) is 0.432. The molecule has 0 saturated carbocycles. The zero-order valence-electron chi connectivity index (χ0n) is 7.63. The number of rotatable bonds is 3. The van der Waals surface area contributed by atoms with E-state index in [1.807, 2.05) is 25.3 Å². The second-order valence-electron chi connectivity index (χ2n) is 3.21. The van der Waals surface area contributed by atoms with Gasteiger partial charge in [-0.25, -0.2) is 0 Å². The Morgan fingerprint density at radius 2 is 1.70 bits per heavy atom. The predicted molar refractivity (Wildman–Crippen MR) is 46.5 cm³/mol. The smallest absolute Gasteiger partial charge is 0.0848 e. The number of hydrogen-bond acceptors (Lipinski definition) is 1. The van der Waals surface area contributed by atoms with Crippen LogP contribution in [0.4, 0.5) is 0 Å². The molecule has 1 atom stereocenters. The standard InChI is InChI=1S/C8H18N2/c1-7(2)8(3)9-6-10(4)5/h6-8H,1-5H3/b9-6-. The highest BCUT2D eigenvalue weighted by molar-refractivity contribution is 5.54. The number of hydrogen-bond donors (Lipinski definition) is 0. The van der Waals surface area contributed by atoms with Crippen molar-refractivity contribution in [3.63, 3.8) is 0 Å². The van der Waals surface area contributed by atoms with Crippen molar-refractivity contribution in [3.8, 4) is 0 Å². The van der Waals surface area contributed by atoms with Crippen molar-refractivity contribution in [2.45, 2.75) is 26.8 Å². The van der Waals surface area contributed by atoms with Crippen molar-refractivity contribution in [2.24, 2.45) is 10.9 Å². The summed E-state index contributed by atoms with van der Waals surface area (Å²) >= 11 is 0. The molecule has 0 bridgehead atoms. The minimum atomic E-state index is 0.433.